The van der Waals surface area contributed by atoms with Crippen molar-refractivity contribution in [3.8, 4) is 0 Å². The highest BCUT2D eigenvalue weighted by atomic mass is 16.2. The number of aryl methyl sites for hydroxylation is 1. The molecule has 4 nitrogen and oxygen atoms in total. The fraction of sp³-hybridized carbons (Fsp3) is 0.235. The topological polar surface area (TPSA) is 50.3 Å². The smallest absolute Gasteiger partial charge is 0.237 e. The third-order valence-corrected chi connectivity index (χ3v) is 3.73. The number of carbonyl (C=O) groups is 2. The first-order chi connectivity index (χ1) is 10.1. The Morgan fingerprint density at radius 3 is 2.67 bits per heavy atom. The summed E-state index contributed by atoms with van der Waals surface area (Å²) in [5, 5.41) is 0. The molecule has 1 aromatic heterocycles. The van der Waals surface area contributed by atoms with Gasteiger partial charge in [0.05, 0.1) is 11.6 Å². The van der Waals surface area contributed by atoms with Gasteiger partial charge >= 0.3 is 0 Å². The number of rotatable bonds is 3. The maximum Gasteiger partial charge on any atom is 0.237 e. The fourth-order valence-electron chi connectivity index (χ4n) is 2.74. The average Bonchev–Trinajstić information content (AvgIpc) is 2.74. The highest BCUT2D eigenvalue weighted by molar-refractivity contribution is 6.20. The van der Waals surface area contributed by atoms with Crippen molar-refractivity contribution in [3.05, 3.63) is 59.9 Å². The predicted octanol–water partition coefficient (Wildman–Crippen LogP) is 2.51. The Hall–Kier alpha value is -2.49. The van der Waals surface area contributed by atoms with Crippen LogP contribution in [0.5, 0.6) is 0 Å². The van der Waals surface area contributed by atoms with Gasteiger partial charge in [-0.3, -0.25) is 19.5 Å². The van der Waals surface area contributed by atoms with E-state index in [2.05, 4.69) is 11.1 Å². The molecule has 4 heteroatoms. The van der Waals surface area contributed by atoms with Gasteiger partial charge in [-0.25, -0.2) is 0 Å². The number of hydrogen-bond donors (Lipinski definition) is 0. The van der Waals surface area contributed by atoms with Crippen molar-refractivity contribution in [1.29, 1.82) is 0 Å². The Labute approximate surface area is 123 Å². The fourth-order valence-corrected chi connectivity index (χ4v) is 2.74. The Morgan fingerprint density at radius 1 is 1.19 bits per heavy atom. The summed E-state index contributed by atoms with van der Waals surface area (Å²) in [7, 11) is 0. The first kappa shape index (κ1) is 13.5. The van der Waals surface area contributed by atoms with E-state index in [1.54, 1.807) is 24.5 Å². The van der Waals surface area contributed by atoms with E-state index in [9.17, 15) is 9.59 Å². The summed E-state index contributed by atoms with van der Waals surface area (Å²) >= 11 is 0. The molecule has 1 aromatic carbocycles. The van der Waals surface area contributed by atoms with E-state index in [1.807, 2.05) is 25.1 Å². The predicted molar refractivity (Wildman–Crippen MR) is 79.7 cm³/mol. The molecule has 0 N–H and O–H groups in total. The first-order valence-electron chi connectivity index (χ1n) is 6.97. The van der Waals surface area contributed by atoms with Crippen LogP contribution in [-0.4, -0.2) is 16.8 Å². The molecule has 1 saturated heterocycles. The molecule has 0 radical (unpaired) electrons. The maximum absolute atomic E-state index is 12.5. The molecule has 106 valence electrons. The molecule has 2 aromatic rings. The average molecular weight is 280 g/mol. The van der Waals surface area contributed by atoms with Crippen molar-refractivity contribution in [3.63, 3.8) is 0 Å². The highest BCUT2D eigenvalue weighted by Crippen LogP contribution is 2.28. The summed E-state index contributed by atoms with van der Waals surface area (Å²) in [6.07, 6.45) is 4.05. The molecule has 0 spiro atoms. The largest absolute Gasteiger partial charge is 0.274 e. The second-order valence-electron chi connectivity index (χ2n) is 5.37. The minimum atomic E-state index is -0.271. The lowest BCUT2D eigenvalue weighted by molar-refractivity contribution is -0.122. The van der Waals surface area contributed by atoms with E-state index in [0.717, 1.165) is 11.1 Å². The van der Waals surface area contributed by atoms with Gasteiger partial charge in [0.1, 0.15) is 0 Å². The minimum absolute atomic E-state index is 0.118. The number of amides is 2. The normalized spacial score (nSPS) is 18.3. The van der Waals surface area contributed by atoms with Gasteiger partial charge in [-0.1, -0.05) is 29.8 Å². The van der Waals surface area contributed by atoms with Gasteiger partial charge in [0.2, 0.25) is 11.8 Å². The van der Waals surface area contributed by atoms with E-state index < -0.39 is 0 Å². The standard InChI is InChI=1S/C17H16N2O2/c1-12-3-2-4-13(9-12)10-14-11-16(20)19(17(14)21)15-5-7-18-8-6-15/h2-9,14H,10-11H2,1H3. The third kappa shape index (κ3) is 2.70. The molecule has 21 heavy (non-hydrogen) atoms. The van der Waals surface area contributed by atoms with Crippen molar-refractivity contribution in [1.82, 2.24) is 4.98 Å². The number of hydrogen-bond acceptors (Lipinski definition) is 3. The number of carbonyl (C=O) groups excluding carboxylic acids is 2. The zero-order valence-corrected chi connectivity index (χ0v) is 11.8. The minimum Gasteiger partial charge on any atom is -0.274 e. The number of aromatic nitrogens is 1. The summed E-state index contributed by atoms with van der Waals surface area (Å²) in [5.74, 6) is -0.524. The van der Waals surface area contributed by atoms with Crippen LogP contribution in [0.3, 0.4) is 0 Å². The summed E-state index contributed by atoms with van der Waals surface area (Å²) in [4.78, 5) is 29.8. The van der Waals surface area contributed by atoms with Crippen molar-refractivity contribution < 1.29 is 9.59 Å². The molecule has 2 heterocycles. The molecule has 0 saturated carbocycles. The maximum atomic E-state index is 12.5. The van der Waals surface area contributed by atoms with Crippen LogP contribution in [0.2, 0.25) is 0 Å². The zero-order chi connectivity index (χ0) is 14.8. The SMILES string of the molecule is Cc1cccc(CC2CC(=O)N(c3ccncc3)C2=O)c1. The Bertz CT molecular complexity index is 682. The van der Waals surface area contributed by atoms with Crippen LogP contribution in [0.15, 0.2) is 48.8 Å². The van der Waals surface area contributed by atoms with Gasteiger partial charge in [0.15, 0.2) is 0 Å². The lowest BCUT2D eigenvalue weighted by atomic mass is 9.97. The molecule has 0 bridgehead atoms. The van der Waals surface area contributed by atoms with Crippen LogP contribution in [-0.2, 0) is 16.0 Å². The van der Waals surface area contributed by atoms with Crippen LogP contribution in [0.1, 0.15) is 17.5 Å². The van der Waals surface area contributed by atoms with E-state index in [1.165, 1.54) is 4.90 Å². The van der Waals surface area contributed by atoms with Crippen LogP contribution in [0, 0.1) is 12.8 Å². The molecule has 2 amide bonds. The number of nitrogens with zero attached hydrogens (tertiary/aromatic N) is 2. The van der Waals surface area contributed by atoms with Crippen molar-refractivity contribution in [2.75, 3.05) is 4.90 Å². The molecule has 1 atom stereocenters. The highest BCUT2D eigenvalue weighted by Gasteiger charge is 2.39. The van der Waals surface area contributed by atoms with Gasteiger partial charge in [0.25, 0.3) is 0 Å². The van der Waals surface area contributed by atoms with Crippen LogP contribution in [0.25, 0.3) is 0 Å². The number of anilines is 1. The zero-order valence-electron chi connectivity index (χ0n) is 11.8. The molecular weight excluding hydrogens is 264 g/mol. The number of benzene rings is 1. The summed E-state index contributed by atoms with van der Waals surface area (Å²) in [6, 6.07) is 11.4. The number of pyridine rings is 1. The summed E-state index contributed by atoms with van der Waals surface area (Å²) in [5.41, 5.74) is 2.86. The summed E-state index contributed by atoms with van der Waals surface area (Å²) in [6.45, 7) is 2.02. The van der Waals surface area contributed by atoms with Gasteiger partial charge in [-0.15, -0.1) is 0 Å². The Morgan fingerprint density at radius 2 is 1.95 bits per heavy atom. The molecule has 3 rings (SSSR count). The van der Waals surface area contributed by atoms with Crippen LogP contribution < -0.4 is 4.90 Å². The second-order valence-corrected chi connectivity index (χ2v) is 5.37. The molecule has 1 aliphatic heterocycles. The Kier molecular flexibility index (Phi) is 3.52. The molecular formula is C17H16N2O2. The monoisotopic (exact) mass is 280 g/mol. The quantitative estimate of drug-likeness (QED) is 0.812. The molecule has 1 fully saturated rings. The van der Waals surface area contributed by atoms with E-state index in [4.69, 9.17) is 0 Å². The van der Waals surface area contributed by atoms with Gasteiger partial charge in [0, 0.05) is 18.8 Å². The number of imide groups is 1. The van der Waals surface area contributed by atoms with Crippen molar-refractivity contribution >= 4 is 17.5 Å². The summed E-state index contributed by atoms with van der Waals surface area (Å²) < 4.78 is 0. The van der Waals surface area contributed by atoms with Crippen LogP contribution in [0.4, 0.5) is 5.69 Å². The van der Waals surface area contributed by atoms with Gasteiger partial charge in [-0.2, -0.15) is 0 Å². The third-order valence-electron chi connectivity index (χ3n) is 3.73. The first-order valence-corrected chi connectivity index (χ1v) is 6.97. The second kappa shape index (κ2) is 5.48. The van der Waals surface area contributed by atoms with Crippen molar-refractivity contribution in [2.45, 2.75) is 19.8 Å². The van der Waals surface area contributed by atoms with E-state index in [-0.39, 0.29) is 24.2 Å². The molecule has 1 aliphatic rings. The lowest BCUT2D eigenvalue weighted by Gasteiger charge is -2.14. The van der Waals surface area contributed by atoms with E-state index >= 15 is 0 Å². The molecule has 0 aliphatic carbocycles. The van der Waals surface area contributed by atoms with Gasteiger partial charge in [-0.05, 0) is 31.0 Å². The molecule has 1 unspecified atom stereocenters. The lowest BCUT2D eigenvalue weighted by Crippen LogP contribution is -2.30. The van der Waals surface area contributed by atoms with E-state index in [0.29, 0.717) is 12.1 Å². The van der Waals surface area contributed by atoms with Crippen molar-refractivity contribution in [2.24, 2.45) is 5.92 Å². The Balaban J connectivity index is 1.81. The van der Waals surface area contributed by atoms with Crippen LogP contribution >= 0.6 is 0 Å². The van der Waals surface area contributed by atoms with Gasteiger partial charge < -0.3 is 0 Å².